The summed E-state index contributed by atoms with van der Waals surface area (Å²) in [5, 5.41) is 3.80. The van der Waals surface area contributed by atoms with E-state index in [1.807, 2.05) is 20.8 Å². The molecule has 0 aromatic rings. The van der Waals surface area contributed by atoms with E-state index in [0.717, 1.165) is 38.5 Å². The number of carbonyl (C=O) groups is 2. The molecule has 1 amide bonds. The maximum Gasteiger partial charge on any atom is 0.410 e. The number of unbranched alkanes of at least 4 members (excludes halogenated alkanes) is 1. The molecular formula is C19H34N4O5. The van der Waals surface area contributed by atoms with Gasteiger partial charge >= 0.3 is 12.1 Å². The molecular weight excluding hydrogens is 364 g/mol. The molecule has 0 bridgehead atoms. The minimum atomic E-state index is -0.555. The SMILES string of the molecule is CCOC(=O)COCCCCN(C(=O)OC(C)(C)C)C1CCC(N=[N+]=[N-])CC1. The molecule has 0 heterocycles. The summed E-state index contributed by atoms with van der Waals surface area (Å²) >= 11 is 0. The fourth-order valence-electron chi connectivity index (χ4n) is 3.15. The van der Waals surface area contributed by atoms with E-state index >= 15 is 0 Å². The fraction of sp³-hybridized carbons (Fsp3) is 0.895. The second-order valence-electron chi connectivity index (χ2n) is 7.91. The van der Waals surface area contributed by atoms with E-state index in [-0.39, 0.29) is 30.8 Å². The lowest BCUT2D eigenvalue weighted by molar-refractivity contribution is -0.148. The van der Waals surface area contributed by atoms with E-state index < -0.39 is 5.60 Å². The van der Waals surface area contributed by atoms with Crippen molar-refractivity contribution in [2.75, 3.05) is 26.4 Å². The van der Waals surface area contributed by atoms with Gasteiger partial charge in [-0.25, -0.2) is 9.59 Å². The smallest absolute Gasteiger partial charge is 0.410 e. The highest BCUT2D eigenvalue weighted by molar-refractivity contribution is 5.70. The molecule has 1 saturated carbocycles. The molecule has 0 spiro atoms. The molecule has 0 unspecified atom stereocenters. The van der Waals surface area contributed by atoms with Crippen molar-refractivity contribution < 1.29 is 23.8 Å². The van der Waals surface area contributed by atoms with E-state index in [1.165, 1.54) is 0 Å². The van der Waals surface area contributed by atoms with Gasteiger partial charge in [-0.05, 0) is 71.8 Å². The molecule has 0 aromatic carbocycles. The second kappa shape index (κ2) is 12.5. The van der Waals surface area contributed by atoms with Gasteiger partial charge in [0, 0.05) is 30.1 Å². The summed E-state index contributed by atoms with van der Waals surface area (Å²) in [4.78, 5) is 28.6. The van der Waals surface area contributed by atoms with Crippen LogP contribution in [0.3, 0.4) is 0 Å². The summed E-state index contributed by atoms with van der Waals surface area (Å²) in [6, 6.07) is 0.0958. The van der Waals surface area contributed by atoms with E-state index in [1.54, 1.807) is 11.8 Å². The zero-order chi connectivity index (χ0) is 21.0. The number of esters is 1. The highest BCUT2D eigenvalue weighted by Crippen LogP contribution is 2.27. The Morgan fingerprint density at radius 3 is 2.43 bits per heavy atom. The Hall–Kier alpha value is -1.99. The number of hydrogen-bond acceptors (Lipinski definition) is 6. The first-order valence-corrected chi connectivity index (χ1v) is 10.0. The fourth-order valence-corrected chi connectivity index (χ4v) is 3.15. The second-order valence-corrected chi connectivity index (χ2v) is 7.91. The number of azide groups is 1. The van der Waals surface area contributed by atoms with Gasteiger partial charge in [0.25, 0.3) is 0 Å². The third kappa shape index (κ3) is 9.80. The van der Waals surface area contributed by atoms with Crippen LogP contribution in [-0.2, 0) is 19.0 Å². The number of amides is 1. The van der Waals surface area contributed by atoms with Gasteiger partial charge in [-0.2, -0.15) is 0 Å². The van der Waals surface area contributed by atoms with Gasteiger partial charge in [-0.3, -0.25) is 0 Å². The Bertz CT molecular complexity index is 535. The summed E-state index contributed by atoms with van der Waals surface area (Å²) in [5.74, 6) is -0.366. The molecule has 1 aliphatic rings. The quantitative estimate of drug-likeness (QED) is 0.180. The maximum absolute atomic E-state index is 12.7. The summed E-state index contributed by atoms with van der Waals surface area (Å²) in [6.07, 6.45) is 4.30. The van der Waals surface area contributed by atoms with Crippen LogP contribution in [0.4, 0.5) is 4.79 Å². The van der Waals surface area contributed by atoms with Gasteiger partial charge in [0.05, 0.1) is 6.61 Å². The lowest BCUT2D eigenvalue weighted by atomic mass is 9.90. The molecule has 1 fully saturated rings. The third-order valence-electron chi connectivity index (χ3n) is 4.41. The Balaban J connectivity index is 2.49. The van der Waals surface area contributed by atoms with Crippen molar-refractivity contribution in [3.05, 3.63) is 10.4 Å². The minimum Gasteiger partial charge on any atom is -0.464 e. The molecule has 1 rings (SSSR count). The Labute approximate surface area is 167 Å². The molecule has 0 radical (unpaired) electrons. The van der Waals surface area contributed by atoms with Crippen molar-refractivity contribution >= 4 is 12.1 Å². The van der Waals surface area contributed by atoms with Gasteiger partial charge in [-0.15, -0.1) is 0 Å². The van der Waals surface area contributed by atoms with E-state index in [0.29, 0.717) is 19.8 Å². The van der Waals surface area contributed by atoms with Crippen LogP contribution in [0.25, 0.3) is 10.4 Å². The average molecular weight is 399 g/mol. The largest absolute Gasteiger partial charge is 0.464 e. The van der Waals surface area contributed by atoms with Crippen LogP contribution in [0.5, 0.6) is 0 Å². The molecule has 28 heavy (non-hydrogen) atoms. The van der Waals surface area contributed by atoms with Crippen LogP contribution in [0.1, 0.15) is 66.2 Å². The Morgan fingerprint density at radius 1 is 1.18 bits per heavy atom. The van der Waals surface area contributed by atoms with Crippen LogP contribution in [0.15, 0.2) is 5.11 Å². The monoisotopic (exact) mass is 398 g/mol. The highest BCUT2D eigenvalue weighted by atomic mass is 16.6. The molecule has 0 aliphatic heterocycles. The van der Waals surface area contributed by atoms with Crippen LogP contribution in [-0.4, -0.2) is 61.0 Å². The predicted octanol–water partition coefficient (Wildman–Crippen LogP) is 4.20. The lowest BCUT2D eigenvalue weighted by Crippen LogP contribution is -2.45. The van der Waals surface area contributed by atoms with Crippen molar-refractivity contribution in [2.24, 2.45) is 5.11 Å². The highest BCUT2D eigenvalue weighted by Gasteiger charge is 2.31. The molecule has 1 aliphatic carbocycles. The number of nitrogens with zero attached hydrogens (tertiary/aromatic N) is 4. The van der Waals surface area contributed by atoms with Crippen LogP contribution in [0, 0.1) is 0 Å². The first kappa shape index (κ1) is 24.0. The zero-order valence-electron chi connectivity index (χ0n) is 17.6. The summed E-state index contributed by atoms with van der Waals surface area (Å²) < 4.78 is 15.7. The van der Waals surface area contributed by atoms with Gasteiger partial charge < -0.3 is 19.1 Å². The van der Waals surface area contributed by atoms with Crippen molar-refractivity contribution in [2.45, 2.75) is 83.9 Å². The molecule has 0 saturated heterocycles. The van der Waals surface area contributed by atoms with Crippen molar-refractivity contribution in [3.8, 4) is 0 Å². The normalized spacial score (nSPS) is 19.4. The average Bonchev–Trinajstić information content (AvgIpc) is 2.61. The number of hydrogen-bond donors (Lipinski definition) is 0. The summed E-state index contributed by atoms with van der Waals surface area (Å²) in [5.41, 5.74) is 8.04. The summed E-state index contributed by atoms with van der Waals surface area (Å²) in [6.45, 7) is 8.60. The van der Waals surface area contributed by atoms with Gasteiger partial charge in [0.15, 0.2) is 0 Å². The lowest BCUT2D eigenvalue weighted by Gasteiger charge is -2.37. The minimum absolute atomic E-state index is 0.0120. The third-order valence-corrected chi connectivity index (χ3v) is 4.41. The van der Waals surface area contributed by atoms with Gasteiger partial charge in [0.2, 0.25) is 0 Å². The molecule has 9 heteroatoms. The maximum atomic E-state index is 12.7. The number of ether oxygens (including phenoxy) is 3. The Kier molecular flexibility index (Phi) is 10.7. The standard InChI is InChI=1S/C19H34N4O5/c1-5-27-17(24)14-26-13-7-6-12-23(18(25)28-19(2,3)4)16-10-8-15(9-11-16)21-22-20/h15-16H,5-14H2,1-4H3. The molecule has 9 nitrogen and oxygen atoms in total. The van der Waals surface area contributed by atoms with Crippen LogP contribution >= 0.6 is 0 Å². The van der Waals surface area contributed by atoms with Crippen LogP contribution in [0.2, 0.25) is 0 Å². The van der Waals surface area contributed by atoms with Crippen LogP contribution < -0.4 is 0 Å². The van der Waals surface area contributed by atoms with E-state index in [2.05, 4.69) is 10.0 Å². The molecule has 0 aromatic heterocycles. The van der Waals surface area contributed by atoms with Crippen molar-refractivity contribution in [1.82, 2.24) is 4.90 Å². The van der Waals surface area contributed by atoms with Gasteiger partial charge in [0.1, 0.15) is 12.2 Å². The molecule has 0 atom stereocenters. The zero-order valence-corrected chi connectivity index (χ0v) is 17.6. The summed E-state index contributed by atoms with van der Waals surface area (Å²) in [7, 11) is 0. The number of rotatable bonds is 10. The first-order chi connectivity index (χ1) is 13.3. The Morgan fingerprint density at radius 2 is 1.86 bits per heavy atom. The number of carbonyl (C=O) groups excluding carboxylic acids is 2. The van der Waals surface area contributed by atoms with Crippen molar-refractivity contribution in [3.63, 3.8) is 0 Å². The molecule has 160 valence electrons. The van der Waals surface area contributed by atoms with E-state index in [9.17, 15) is 9.59 Å². The first-order valence-electron chi connectivity index (χ1n) is 10.0. The predicted molar refractivity (Wildman–Crippen MR) is 105 cm³/mol. The molecule has 0 N–H and O–H groups in total. The van der Waals surface area contributed by atoms with Crippen molar-refractivity contribution in [1.29, 1.82) is 0 Å². The van der Waals surface area contributed by atoms with Gasteiger partial charge in [-0.1, -0.05) is 5.11 Å². The topological polar surface area (TPSA) is 114 Å². The van der Waals surface area contributed by atoms with E-state index in [4.69, 9.17) is 19.7 Å².